The molecule has 0 fully saturated rings. The molecular formula is C8H8N2S. The van der Waals surface area contributed by atoms with Crippen molar-refractivity contribution < 1.29 is 0 Å². The normalized spacial score (nSPS) is 10.7. The third-order valence-corrected chi connectivity index (χ3v) is 2.76. The highest BCUT2D eigenvalue weighted by atomic mass is 32.1. The van der Waals surface area contributed by atoms with Crippen LogP contribution in [0.15, 0.2) is 12.4 Å². The molecule has 2 aromatic rings. The van der Waals surface area contributed by atoms with E-state index in [0.29, 0.717) is 0 Å². The van der Waals surface area contributed by atoms with Gasteiger partial charge in [-0.3, -0.25) is 0 Å². The average molecular weight is 164 g/mol. The minimum absolute atomic E-state index is 1.07. The predicted octanol–water partition coefficient (Wildman–Crippen LogP) is 2.31. The van der Waals surface area contributed by atoms with Gasteiger partial charge in [0.25, 0.3) is 0 Å². The van der Waals surface area contributed by atoms with Crippen molar-refractivity contribution in [1.82, 2.24) is 9.97 Å². The molecule has 0 unspecified atom stereocenters. The highest BCUT2D eigenvalue weighted by Crippen LogP contribution is 2.24. The van der Waals surface area contributed by atoms with Crippen LogP contribution >= 0.6 is 11.3 Å². The zero-order chi connectivity index (χ0) is 7.84. The van der Waals surface area contributed by atoms with Crippen LogP contribution in [0.3, 0.4) is 0 Å². The fourth-order valence-electron chi connectivity index (χ4n) is 1.09. The van der Waals surface area contributed by atoms with Crippen LogP contribution in [0.25, 0.3) is 10.2 Å². The zero-order valence-corrected chi connectivity index (χ0v) is 7.27. The van der Waals surface area contributed by atoms with Gasteiger partial charge < -0.3 is 0 Å². The van der Waals surface area contributed by atoms with Crippen molar-refractivity contribution in [2.45, 2.75) is 13.8 Å². The Morgan fingerprint density at radius 1 is 1.27 bits per heavy atom. The van der Waals surface area contributed by atoms with Crippen molar-refractivity contribution in [2.24, 2.45) is 0 Å². The van der Waals surface area contributed by atoms with E-state index < -0.39 is 0 Å². The van der Waals surface area contributed by atoms with Gasteiger partial charge in [0.1, 0.15) is 6.33 Å². The van der Waals surface area contributed by atoms with E-state index >= 15 is 0 Å². The second-order valence-corrected chi connectivity index (χ2v) is 3.79. The minimum Gasteiger partial charge on any atom is -0.240 e. The van der Waals surface area contributed by atoms with E-state index in [0.717, 1.165) is 11.2 Å². The fraction of sp³-hybridized carbons (Fsp3) is 0.250. The molecule has 0 saturated heterocycles. The third-order valence-electron chi connectivity index (χ3n) is 1.61. The Kier molecular flexibility index (Phi) is 1.39. The third kappa shape index (κ3) is 1.01. The van der Waals surface area contributed by atoms with Crippen molar-refractivity contribution in [1.29, 1.82) is 0 Å². The molecule has 0 bridgehead atoms. The Morgan fingerprint density at radius 2 is 2.09 bits per heavy atom. The van der Waals surface area contributed by atoms with Crippen LogP contribution in [-0.2, 0) is 0 Å². The highest BCUT2D eigenvalue weighted by Gasteiger charge is 2.01. The summed E-state index contributed by atoms with van der Waals surface area (Å²) in [5, 5.41) is 0. The van der Waals surface area contributed by atoms with Crippen molar-refractivity contribution in [3.8, 4) is 0 Å². The molecule has 0 spiro atoms. The maximum atomic E-state index is 4.16. The molecule has 0 aromatic carbocycles. The molecule has 0 N–H and O–H groups in total. The maximum absolute atomic E-state index is 4.16. The number of thiophene rings is 1. The average Bonchev–Trinajstić information content (AvgIpc) is 2.31. The molecule has 11 heavy (non-hydrogen) atoms. The number of nitrogens with zero attached hydrogens (tertiary/aromatic N) is 2. The van der Waals surface area contributed by atoms with Gasteiger partial charge in [0.05, 0.1) is 15.9 Å². The van der Waals surface area contributed by atoms with Crippen LogP contribution in [0.5, 0.6) is 0 Å². The number of hydrogen-bond acceptors (Lipinski definition) is 3. The second-order valence-electron chi connectivity index (χ2n) is 2.53. The topological polar surface area (TPSA) is 25.8 Å². The molecular weight excluding hydrogens is 156 g/mol. The van der Waals surface area contributed by atoms with Crippen LogP contribution in [0.4, 0.5) is 0 Å². The van der Waals surface area contributed by atoms with Crippen molar-refractivity contribution in [3.63, 3.8) is 0 Å². The van der Waals surface area contributed by atoms with Gasteiger partial charge in [0.15, 0.2) is 0 Å². The summed E-state index contributed by atoms with van der Waals surface area (Å²) in [5.74, 6) is 0. The summed E-state index contributed by atoms with van der Waals surface area (Å²) in [6.45, 7) is 4.10. The fourth-order valence-corrected chi connectivity index (χ4v) is 2.00. The number of aryl methyl sites for hydroxylation is 2. The summed E-state index contributed by atoms with van der Waals surface area (Å²) in [4.78, 5) is 9.58. The highest BCUT2D eigenvalue weighted by molar-refractivity contribution is 7.19. The summed E-state index contributed by atoms with van der Waals surface area (Å²) >= 11 is 1.75. The van der Waals surface area contributed by atoms with Gasteiger partial charge in [0.2, 0.25) is 0 Å². The molecule has 2 rings (SSSR count). The van der Waals surface area contributed by atoms with Crippen LogP contribution in [0.1, 0.15) is 10.6 Å². The van der Waals surface area contributed by atoms with Crippen molar-refractivity contribution in [2.75, 3.05) is 0 Å². The van der Waals surface area contributed by atoms with E-state index in [-0.39, 0.29) is 0 Å². The lowest BCUT2D eigenvalue weighted by molar-refractivity contribution is 1.16. The lowest BCUT2D eigenvalue weighted by Gasteiger charge is -1.89. The molecule has 0 aliphatic heterocycles. The first-order chi connectivity index (χ1) is 5.27. The largest absolute Gasteiger partial charge is 0.240 e. The van der Waals surface area contributed by atoms with Crippen molar-refractivity contribution >= 4 is 21.6 Å². The number of rotatable bonds is 0. The summed E-state index contributed by atoms with van der Waals surface area (Å²) < 4.78 is 1.21. The summed E-state index contributed by atoms with van der Waals surface area (Å²) in [6.07, 6.45) is 1.61. The molecule has 3 heteroatoms. The molecule has 0 atom stereocenters. The van der Waals surface area contributed by atoms with E-state index in [1.165, 1.54) is 9.58 Å². The standard InChI is InChI=1S/C8H8N2S/c1-5-3-7-8(11-5)6(2)9-4-10-7/h3-4H,1-2H3. The SMILES string of the molecule is Cc1cc2ncnc(C)c2s1. The lowest BCUT2D eigenvalue weighted by Crippen LogP contribution is -1.80. The van der Waals surface area contributed by atoms with Gasteiger partial charge in [-0.25, -0.2) is 9.97 Å². The Labute approximate surface area is 68.9 Å². The van der Waals surface area contributed by atoms with E-state index in [4.69, 9.17) is 0 Å². The van der Waals surface area contributed by atoms with Gasteiger partial charge in [-0.1, -0.05) is 0 Å². The van der Waals surface area contributed by atoms with E-state index in [1.54, 1.807) is 17.7 Å². The Bertz CT molecular complexity index is 392. The number of aromatic nitrogens is 2. The summed E-state index contributed by atoms with van der Waals surface area (Å²) in [5.41, 5.74) is 2.15. The quantitative estimate of drug-likeness (QED) is 0.597. The van der Waals surface area contributed by atoms with E-state index in [1.807, 2.05) is 6.92 Å². The van der Waals surface area contributed by atoms with Gasteiger partial charge in [-0.05, 0) is 19.9 Å². The second kappa shape index (κ2) is 2.27. The van der Waals surface area contributed by atoms with Gasteiger partial charge in [-0.2, -0.15) is 0 Å². The van der Waals surface area contributed by atoms with Gasteiger partial charge in [-0.15, -0.1) is 11.3 Å². The molecule has 2 heterocycles. The smallest absolute Gasteiger partial charge is 0.116 e. The molecule has 56 valence electrons. The first kappa shape index (κ1) is 6.73. The molecule has 0 aliphatic carbocycles. The van der Waals surface area contributed by atoms with Gasteiger partial charge >= 0.3 is 0 Å². The van der Waals surface area contributed by atoms with Crippen molar-refractivity contribution in [3.05, 3.63) is 23.0 Å². The molecule has 0 saturated carbocycles. The molecule has 0 radical (unpaired) electrons. The maximum Gasteiger partial charge on any atom is 0.116 e. The predicted molar refractivity (Wildman–Crippen MR) is 46.9 cm³/mol. The first-order valence-electron chi connectivity index (χ1n) is 3.45. The minimum atomic E-state index is 1.07. The molecule has 0 aliphatic rings. The van der Waals surface area contributed by atoms with Crippen LogP contribution in [-0.4, -0.2) is 9.97 Å². The van der Waals surface area contributed by atoms with Crippen LogP contribution in [0, 0.1) is 13.8 Å². The Hall–Kier alpha value is -0.960. The number of fused-ring (bicyclic) bond motifs is 1. The lowest BCUT2D eigenvalue weighted by atomic mass is 10.4. The number of hydrogen-bond donors (Lipinski definition) is 0. The van der Waals surface area contributed by atoms with Crippen LogP contribution < -0.4 is 0 Å². The summed E-state index contributed by atoms with van der Waals surface area (Å²) in [7, 11) is 0. The molecule has 2 aromatic heterocycles. The Morgan fingerprint density at radius 3 is 2.82 bits per heavy atom. The summed E-state index contributed by atoms with van der Waals surface area (Å²) in [6, 6.07) is 2.09. The van der Waals surface area contributed by atoms with E-state index in [2.05, 4.69) is 23.0 Å². The molecule has 0 amide bonds. The van der Waals surface area contributed by atoms with Gasteiger partial charge in [0, 0.05) is 4.88 Å². The Balaban J connectivity index is 2.90. The van der Waals surface area contributed by atoms with Crippen LogP contribution in [0.2, 0.25) is 0 Å². The molecule has 2 nitrogen and oxygen atoms in total. The zero-order valence-electron chi connectivity index (χ0n) is 6.46. The first-order valence-corrected chi connectivity index (χ1v) is 4.27. The monoisotopic (exact) mass is 164 g/mol. The van der Waals surface area contributed by atoms with E-state index in [9.17, 15) is 0 Å².